The van der Waals surface area contributed by atoms with Crippen LogP contribution in [0.1, 0.15) is 66.3 Å². The second-order valence-electron chi connectivity index (χ2n) is 10.3. The minimum Gasteiger partial charge on any atom is -0.453 e. The molecule has 0 saturated carbocycles. The molecule has 1 radical (unpaired) electrons. The van der Waals surface area contributed by atoms with Gasteiger partial charge in [-0.1, -0.05) is 25.4 Å². The first-order valence-electron chi connectivity index (χ1n) is 11.7. The molecule has 1 aliphatic heterocycles. The highest BCUT2D eigenvalue weighted by Crippen LogP contribution is 2.32. The zero-order valence-electron chi connectivity index (χ0n) is 21.1. The van der Waals surface area contributed by atoms with Gasteiger partial charge in [0.05, 0.1) is 35.4 Å². The van der Waals surface area contributed by atoms with E-state index < -0.39 is 23.3 Å². The standard InChI is InChI=1S/C24H36BN4O5/c1-14(2)19(28-22(31)33-7)21(30)29-12-8-9-18(29)20-26-16-11-10-15(13-17(16)27-20)25-34-24(5,6)23(3,4)32/h10-11,13-14,18-19,32H,8-9,12H2,1-7H3,(H,26,27)(H,28,31)/t18-,19-/m0/s1. The van der Waals surface area contributed by atoms with Gasteiger partial charge >= 0.3 is 13.6 Å². The summed E-state index contributed by atoms with van der Waals surface area (Å²) in [6, 6.07) is 4.87. The van der Waals surface area contributed by atoms with Gasteiger partial charge in [-0.25, -0.2) is 9.78 Å². The summed E-state index contributed by atoms with van der Waals surface area (Å²) in [5, 5.41) is 13.0. The Balaban J connectivity index is 1.79. The maximum Gasteiger partial charge on any atom is 0.407 e. The van der Waals surface area contributed by atoms with Crippen LogP contribution < -0.4 is 10.8 Å². The number of amides is 2. The van der Waals surface area contributed by atoms with Gasteiger partial charge in [0.2, 0.25) is 5.91 Å². The van der Waals surface area contributed by atoms with E-state index in [-0.39, 0.29) is 17.9 Å². The number of imidazole rings is 1. The number of fused-ring (bicyclic) bond motifs is 1. The number of nitrogens with one attached hydrogen (secondary N) is 2. The fourth-order valence-corrected chi connectivity index (χ4v) is 3.83. The summed E-state index contributed by atoms with van der Waals surface area (Å²) in [5.74, 6) is 0.491. The zero-order chi connectivity index (χ0) is 25.3. The maximum atomic E-state index is 13.3. The van der Waals surface area contributed by atoms with Crippen molar-refractivity contribution in [2.45, 2.75) is 77.7 Å². The summed E-state index contributed by atoms with van der Waals surface area (Å²) in [6.07, 6.45) is 1.02. The number of carbonyl (C=O) groups excluding carboxylic acids is 2. The molecular weight excluding hydrogens is 435 g/mol. The SMILES string of the molecule is COC(=O)N[C@H](C(=O)N1CCC[C@H]1c1nc2ccc([B]OC(C)(C)C(C)(C)O)cc2[nH]1)C(C)C. The molecule has 0 unspecified atom stereocenters. The largest absolute Gasteiger partial charge is 0.453 e. The zero-order valence-corrected chi connectivity index (χ0v) is 21.1. The monoisotopic (exact) mass is 471 g/mol. The first-order chi connectivity index (χ1) is 15.8. The summed E-state index contributed by atoms with van der Waals surface area (Å²) in [6.45, 7) is 11.5. The van der Waals surface area contributed by atoms with E-state index in [9.17, 15) is 14.7 Å². The maximum absolute atomic E-state index is 13.3. The fraction of sp³-hybridized carbons (Fsp3) is 0.625. The van der Waals surface area contributed by atoms with Crippen molar-refractivity contribution in [3.63, 3.8) is 0 Å². The number of hydrogen-bond acceptors (Lipinski definition) is 6. The van der Waals surface area contributed by atoms with Crippen molar-refractivity contribution in [1.29, 1.82) is 0 Å². The number of aromatic nitrogens is 2. The summed E-state index contributed by atoms with van der Waals surface area (Å²) < 4.78 is 10.6. The van der Waals surface area contributed by atoms with E-state index in [1.165, 1.54) is 7.11 Å². The molecule has 0 bridgehead atoms. The number of methoxy groups -OCH3 is 1. The van der Waals surface area contributed by atoms with Gasteiger partial charge in [0.25, 0.3) is 0 Å². The Hall–Kier alpha value is -2.59. The number of rotatable bonds is 8. The van der Waals surface area contributed by atoms with Crippen LogP contribution in [0.5, 0.6) is 0 Å². The number of aromatic amines is 1. The third-order valence-electron chi connectivity index (χ3n) is 6.73. The molecule has 2 aromatic rings. The molecular formula is C24H36BN4O5. The van der Waals surface area contributed by atoms with Crippen LogP contribution >= 0.6 is 0 Å². The molecule has 1 aliphatic rings. The van der Waals surface area contributed by atoms with Gasteiger partial charge in [0.15, 0.2) is 0 Å². The average molecular weight is 471 g/mol. The topological polar surface area (TPSA) is 117 Å². The number of hydrogen-bond donors (Lipinski definition) is 3. The van der Waals surface area contributed by atoms with Gasteiger partial charge in [-0.3, -0.25) is 4.79 Å². The molecule has 34 heavy (non-hydrogen) atoms. The van der Waals surface area contributed by atoms with Gasteiger partial charge in [0, 0.05) is 6.54 Å². The lowest BCUT2D eigenvalue weighted by molar-refractivity contribution is -0.135. The Kier molecular flexibility index (Phi) is 7.62. The molecule has 3 rings (SSSR count). The summed E-state index contributed by atoms with van der Waals surface area (Å²) in [5.41, 5.74) is 0.685. The van der Waals surface area contributed by atoms with Crippen molar-refractivity contribution in [3.8, 4) is 0 Å². The van der Waals surface area contributed by atoms with Crippen LogP contribution in [0.15, 0.2) is 18.2 Å². The van der Waals surface area contributed by atoms with E-state index in [1.807, 2.05) is 45.9 Å². The Morgan fingerprint density at radius 3 is 2.62 bits per heavy atom. The number of benzene rings is 1. The first-order valence-corrected chi connectivity index (χ1v) is 11.7. The lowest BCUT2D eigenvalue weighted by Gasteiger charge is -2.37. The Morgan fingerprint density at radius 1 is 1.29 bits per heavy atom. The predicted octanol–water partition coefficient (Wildman–Crippen LogP) is 2.42. The van der Waals surface area contributed by atoms with Gasteiger partial charge in [-0.15, -0.1) is 0 Å². The third-order valence-corrected chi connectivity index (χ3v) is 6.73. The average Bonchev–Trinajstić information content (AvgIpc) is 3.40. The summed E-state index contributed by atoms with van der Waals surface area (Å²) in [4.78, 5) is 35.0. The van der Waals surface area contributed by atoms with Crippen molar-refractivity contribution in [2.24, 2.45) is 5.92 Å². The lowest BCUT2D eigenvalue weighted by atomic mass is 9.82. The van der Waals surface area contributed by atoms with Crippen LogP contribution in [0.4, 0.5) is 4.79 Å². The van der Waals surface area contributed by atoms with Crippen LogP contribution in [0.25, 0.3) is 11.0 Å². The normalized spacial score (nSPS) is 17.8. The van der Waals surface area contributed by atoms with Crippen molar-refractivity contribution in [2.75, 3.05) is 13.7 Å². The Bertz CT molecular complexity index is 1030. The van der Waals surface area contributed by atoms with E-state index in [2.05, 4.69) is 10.3 Å². The highest BCUT2D eigenvalue weighted by Gasteiger charge is 2.38. The number of nitrogens with zero attached hydrogens (tertiary/aromatic N) is 2. The number of H-pyrrole nitrogens is 1. The number of alkyl carbamates (subject to hydrolysis) is 1. The number of carbonyl (C=O) groups is 2. The second-order valence-corrected chi connectivity index (χ2v) is 10.3. The molecule has 185 valence electrons. The van der Waals surface area contributed by atoms with Crippen LogP contribution in [0.2, 0.25) is 0 Å². The number of aliphatic hydroxyl groups is 1. The van der Waals surface area contributed by atoms with Crippen LogP contribution in [-0.2, 0) is 14.2 Å². The van der Waals surface area contributed by atoms with Crippen molar-refractivity contribution < 1.29 is 24.1 Å². The van der Waals surface area contributed by atoms with E-state index in [0.29, 0.717) is 6.54 Å². The third kappa shape index (κ3) is 5.55. The number of ether oxygens (including phenoxy) is 1. The quantitative estimate of drug-likeness (QED) is 0.510. The first kappa shape index (κ1) is 26.0. The van der Waals surface area contributed by atoms with Crippen molar-refractivity contribution >= 4 is 36.0 Å². The highest BCUT2D eigenvalue weighted by molar-refractivity contribution is 6.47. The smallest absolute Gasteiger partial charge is 0.407 e. The van der Waals surface area contributed by atoms with Gasteiger partial charge in [0.1, 0.15) is 11.9 Å². The molecule has 2 atom stereocenters. The second kappa shape index (κ2) is 9.96. The Morgan fingerprint density at radius 2 is 2.00 bits per heavy atom. The molecule has 3 N–H and O–H groups in total. The van der Waals surface area contributed by atoms with Gasteiger partial charge in [-0.05, 0) is 58.6 Å². The van der Waals surface area contributed by atoms with Crippen LogP contribution in [0.3, 0.4) is 0 Å². The lowest BCUT2D eigenvalue weighted by Crippen LogP contribution is -2.51. The van der Waals surface area contributed by atoms with Crippen LogP contribution in [0, 0.1) is 5.92 Å². The van der Waals surface area contributed by atoms with E-state index >= 15 is 0 Å². The molecule has 9 nitrogen and oxygen atoms in total. The van der Waals surface area contributed by atoms with Crippen LogP contribution in [-0.4, -0.2) is 70.4 Å². The van der Waals surface area contributed by atoms with E-state index in [0.717, 1.165) is 35.2 Å². The molecule has 1 saturated heterocycles. The van der Waals surface area contributed by atoms with Crippen molar-refractivity contribution in [1.82, 2.24) is 20.2 Å². The minimum atomic E-state index is -1.01. The summed E-state index contributed by atoms with van der Waals surface area (Å²) in [7, 11) is 2.92. The molecule has 2 heterocycles. The molecule has 1 aromatic heterocycles. The van der Waals surface area contributed by atoms with Gasteiger partial charge in [-0.2, -0.15) is 0 Å². The molecule has 1 aromatic carbocycles. The summed E-state index contributed by atoms with van der Waals surface area (Å²) >= 11 is 0. The molecule has 10 heteroatoms. The fourth-order valence-electron chi connectivity index (χ4n) is 3.83. The van der Waals surface area contributed by atoms with Crippen molar-refractivity contribution in [3.05, 3.63) is 24.0 Å². The molecule has 0 aliphatic carbocycles. The molecule has 0 spiro atoms. The number of likely N-dealkylation sites (tertiary alicyclic amines) is 1. The Labute approximate surface area is 201 Å². The highest BCUT2D eigenvalue weighted by atomic mass is 16.5. The van der Waals surface area contributed by atoms with Gasteiger partial charge < -0.3 is 29.7 Å². The molecule has 1 fully saturated rings. The minimum absolute atomic E-state index is 0.0882. The van der Waals surface area contributed by atoms with E-state index in [4.69, 9.17) is 14.4 Å². The van der Waals surface area contributed by atoms with E-state index in [1.54, 1.807) is 26.2 Å². The predicted molar refractivity (Wildman–Crippen MR) is 131 cm³/mol. The molecule has 2 amide bonds.